The van der Waals surface area contributed by atoms with Crippen LogP contribution in [0.2, 0.25) is 4.34 Å². The number of hydrogen-bond acceptors (Lipinski definition) is 3. The highest BCUT2D eigenvalue weighted by Gasteiger charge is 2.05. The molecule has 0 saturated carbocycles. The van der Waals surface area contributed by atoms with Crippen molar-refractivity contribution in [2.24, 2.45) is 5.92 Å². The Morgan fingerprint density at radius 1 is 1.29 bits per heavy atom. The quantitative estimate of drug-likeness (QED) is 0.677. The second-order valence-electron chi connectivity index (χ2n) is 5.28. The number of rotatable bonds is 7. The van der Waals surface area contributed by atoms with Crippen molar-refractivity contribution in [3.05, 3.63) is 49.6 Å². The van der Waals surface area contributed by atoms with E-state index >= 15 is 0 Å². The minimum atomic E-state index is 0.543. The predicted octanol–water partition coefficient (Wildman–Crippen LogP) is 5.49. The average Bonchev–Trinajstić information content (AvgIpc) is 2.83. The molecular formula is C16H19BrClNOS. The van der Waals surface area contributed by atoms with Crippen LogP contribution in [-0.4, -0.2) is 6.54 Å². The first kappa shape index (κ1) is 16.8. The van der Waals surface area contributed by atoms with Crippen molar-refractivity contribution in [2.75, 3.05) is 6.54 Å². The molecule has 1 N–H and O–H groups in total. The summed E-state index contributed by atoms with van der Waals surface area (Å²) in [5.74, 6) is 1.51. The summed E-state index contributed by atoms with van der Waals surface area (Å²) in [6.45, 7) is 6.85. The minimum absolute atomic E-state index is 0.543. The van der Waals surface area contributed by atoms with Crippen LogP contribution in [0, 0.1) is 5.92 Å². The van der Waals surface area contributed by atoms with Crippen LogP contribution < -0.4 is 10.1 Å². The second-order valence-corrected chi connectivity index (χ2v) is 7.94. The molecular weight excluding hydrogens is 370 g/mol. The first-order chi connectivity index (χ1) is 10.0. The van der Waals surface area contributed by atoms with E-state index in [4.69, 9.17) is 16.3 Å². The van der Waals surface area contributed by atoms with Gasteiger partial charge in [-0.3, -0.25) is 0 Å². The van der Waals surface area contributed by atoms with Gasteiger partial charge in [0.2, 0.25) is 0 Å². The molecule has 0 radical (unpaired) electrons. The van der Waals surface area contributed by atoms with Gasteiger partial charge in [-0.15, -0.1) is 11.3 Å². The lowest BCUT2D eigenvalue weighted by Crippen LogP contribution is -2.18. The van der Waals surface area contributed by atoms with E-state index in [1.54, 1.807) is 11.3 Å². The van der Waals surface area contributed by atoms with Gasteiger partial charge in [0.1, 0.15) is 12.4 Å². The Kier molecular flexibility index (Phi) is 6.55. The third-order valence-electron chi connectivity index (χ3n) is 2.88. The maximum Gasteiger partial charge on any atom is 0.134 e. The summed E-state index contributed by atoms with van der Waals surface area (Å²) in [5.41, 5.74) is 1.24. The first-order valence-corrected chi connectivity index (χ1v) is 8.89. The third kappa shape index (κ3) is 5.62. The van der Waals surface area contributed by atoms with Crippen LogP contribution in [0.15, 0.2) is 34.8 Å². The van der Waals surface area contributed by atoms with Gasteiger partial charge in [0.05, 0.1) is 8.81 Å². The monoisotopic (exact) mass is 387 g/mol. The van der Waals surface area contributed by atoms with Gasteiger partial charge in [-0.1, -0.05) is 31.5 Å². The van der Waals surface area contributed by atoms with E-state index in [1.807, 2.05) is 18.2 Å². The van der Waals surface area contributed by atoms with E-state index in [0.717, 1.165) is 32.5 Å². The molecule has 0 saturated heterocycles. The number of halogens is 2. The molecule has 21 heavy (non-hydrogen) atoms. The normalized spacial score (nSPS) is 11.1. The Morgan fingerprint density at radius 3 is 2.71 bits per heavy atom. The fraction of sp³-hybridized carbons (Fsp3) is 0.375. The SMILES string of the molecule is CC(C)CNCc1ccc(OCc2ccc(Cl)s2)c(Br)c1. The van der Waals surface area contributed by atoms with E-state index in [9.17, 15) is 0 Å². The van der Waals surface area contributed by atoms with Gasteiger partial charge in [0.25, 0.3) is 0 Å². The number of ether oxygens (including phenoxy) is 1. The van der Waals surface area contributed by atoms with E-state index in [1.165, 1.54) is 5.56 Å². The van der Waals surface area contributed by atoms with Crippen molar-refractivity contribution < 1.29 is 4.74 Å². The van der Waals surface area contributed by atoms with Gasteiger partial charge in [-0.2, -0.15) is 0 Å². The van der Waals surface area contributed by atoms with E-state index in [0.29, 0.717) is 12.5 Å². The molecule has 1 aromatic carbocycles. The van der Waals surface area contributed by atoms with Gasteiger partial charge in [-0.05, 0) is 58.2 Å². The molecule has 0 atom stereocenters. The number of hydrogen-bond donors (Lipinski definition) is 1. The van der Waals surface area contributed by atoms with Gasteiger partial charge in [0.15, 0.2) is 0 Å². The molecule has 114 valence electrons. The van der Waals surface area contributed by atoms with Crippen molar-refractivity contribution in [3.63, 3.8) is 0 Å². The lowest BCUT2D eigenvalue weighted by molar-refractivity contribution is 0.307. The van der Waals surface area contributed by atoms with Crippen LogP contribution >= 0.6 is 38.9 Å². The Hall–Kier alpha value is -0.550. The molecule has 2 nitrogen and oxygen atoms in total. The van der Waals surface area contributed by atoms with E-state index in [2.05, 4.69) is 47.2 Å². The molecule has 0 unspecified atom stereocenters. The third-order valence-corrected chi connectivity index (χ3v) is 4.70. The summed E-state index contributed by atoms with van der Waals surface area (Å²) < 4.78 is 7.59. The maximum atomic E-state index is 5.91. The Morgan fingerprint density at radius 2 is 2.10 bits per heavy atom. The largest absolute Gasteiger partial charge is 0.487 e. The highest BCUT2D eigenvalue weighted by Crippen LogP contribution is 2.28. The smallest absolute Gasteiger partial charge is 0.134 e. The highest BCUT2D eigenvalue weighted by atomic mass is 79.9. The standard InChI is InChI=1S/C16H19BrClNOS/c1-11(2)8-19-9-12-3-5-15(14(17)7-12)20-10-13-4-6-16(18)21-13/h3-7,11,19H,8-10H2,1-2H3. The van der Waals surface area contributed by atoms with Crippen molar-refractivity contribution in [2.45, 2.75) is 27.0 Å². The molecule has 0 amide bonds. The van der Waals surface area contributed by atoms with Crippen LogP contribution in [0.1, 0.15) is 24.3 Å². The van der Waals surface area contributed by atoms with Gasteiger partial charge >= 0.3 is 0 Å². The van der Waals surface area contributed by atoms with Gasteiger partial charge in [-0.25, -0.2) is 0 Å². The van der Waals surface area contributed by atoms with Crippen molar-refractivity contribution in [3.8, 4) is 5.75 Å². The van der Waals surface area contributed by atoms with Gasteiger partial charge < -0.3 is 10.1 Å². The zero-order chi connectivity index (χ0) is 15.2. The van der Waals surface area contributed by atoms with E-state index < -0.39 is 0 Å². The summed E-state index contributed by atoms with van der Waals surface area (Å²) in [6, 6.07) is 10.1. The van der Waals surface area contributed by atoms with Crippen LogP contribution in [0.3, 0.4) is 0 Å². The fourth-order valence-corrected chi connectivity index (χ4v) is 3.40. The molecule has 0 aliphatic rings. The summed E-state index contributed by atoms with van der Waals surface area (Å²) in [7, 11) is 0. The van der Waals surface area contributed by atoms with Gasteiger partial charge in [0, 0.05) is 11.4 Å². The topological polar surface area (TPSA) is 21.3 Å². The number of benzene rings is 1. The van der Waals surface area contributed by atoms with Crippen molar-refractivity contribution in [1.82, 2.24) is 5.32 Å². The molecule has 2 aromatic rings. The van der Waals surface area contributed by atoms with Crippen LogP contribution in [0.4, 0.5) is 0 Å². The molecule has 0 aliphatic heterocycles. The summed E-state index contributed by atoms with van der Waals surface area (Å²) >= 11 is 11.0. The van der Waals surface area contributed by atoms with Crippen LogP contribution in [-0.2, 0) is 13.2 Å². The number of thiophene rings is 1. The molecule has 0 bridgehead atoms. The zero-order valence-corrected chi connectivity index (χ0v) is 15.3. The number of nitrogens with one attached hydrogen (secondary N) is 1. The van der Waals surface area contributed by atoms with Crippen LogP contribution in [0.5, 0.6) is 5.75 Å². The minimum Gasteiger partial charge on any atom is -0.487 e. The molecule has 2 rings (SSSR count). The Labute approximate surface area is 143 Å². The molecule has 0 spiro atoms. The van der Waals surface area contributed by atoms with E-state index in [-0.39, 0.29) is 0 Å². The summed E-state index contributed by atoms with van der Waals surface area (Å²) in [4.78, 5) is 1.12. The molecule has 1 heterocycles. The molecule has 5 heteroatoms. The first-order valence-electron chi connectivity index (χ1n) is 6.90. The lowest BCUT2D eigenvalue weighted by Gasteiger charge is -2.11. The van der Waals surface area contributed by atoms with Crippen molar-refractivity contribution >= 4 is 38.9 Å². The summed E-state index contributed by atoms with van der Waals surface area (Å²) in [5, 5.41) is 3.43. The average molecular weight is 389 g/mol. The fourth-order valence-electron chi connectivity index (χ4n) is 1.85. The molecule has 0 aliphatic carbocycles. The Bertz CT molecular complexity index is 585. The lowest BCUT2D eigenvalue weighted by atomic mass is 10.2. The van der Waals surface area contributed by atoms with Crippen molar-refractivity contribution in [1.29, 1.82) is 0 Å². The van der Waals surface area contributed by atoms with Crippen LogP contribution in [0.25, 0.3) is 0 Å². The summed E-state index contributed by atoms with van der Waals surface area (Å²) in [6.07, 6.45) is 0. The molecule has 0 fully saturated rings. The highest BCUT2D eigenvalue weighted by molar-refractivity contribution is 9.10. The maximum absolute atomic E-state index is 5.91. The predicted molar refractivity (Wildman–Crippen MR) is 94.3 cm³/mol. The zero-order valence-electron chi connectivity index (χ0n) is 12.2. The second kappa shape index (κ2) is 8.18. The molecule has 1 aromatic heterocycles. The Balaban J connectivity index is 1.89.